The summed E-state index contributed by atoms with van der Waals surface area (Å²) in [7, 11) is 1.61. The van der Waals surface area contributed by atoms with Gasteiger partial charge in [0, 0.05) is 11.6 Å². The number of hydrogen-bond acceptors (Lipinski definition) is 3. The second kappa shape index (κ2) is 5.35. The average molecular weight is 285 g/mol. The lowest BCUT2D eigenvalue weighted by Gasteiger charge is -2.34. The summed E-state index contributed by atoms with van der Waals surface area (Å²) in [5.74, 6) is -0.0387. The highest BCUT2D eigenvalue weighted by atomic mass is 16.5. The number of carbonyl (C=O) groups is 1. The molecule has 0 spiro atoms. The normalized spacial score (nSPS) is 17.6. The average Bonchev–Trinajstić information content (AvgIpc) is 2.54. The number of nitrogens with zero attached hydrogens (tertiary/aromatic N) is 1. The van der Waals surface area contributed by atoms with E-state index in [9.17, 15) is 9.90 Å². The quantitative estimate of drug-likeness (QED) is 0.937. The Labute approximate surface area is 123 Å². The van der Waals surface area contributed by atoms with Crippen LogP contribution in [0.1, 0.15) is 37.7 Å². The van der Waals surface area contributed by atoms with E-state index in [1.165, 1.54) is 0 Å². The molecule has 1 heterocycles. The highest BCUT2D eigenvalue weighted by Gasteiger charge is 2.42. The zero-order valence-electron chi connectivity index (χ0n) is 12.1. The van der Waals surface area contributed by atoms with Crippen molar-refractivity contribution in [2.45, 2.75) is 37.5 Å². The maximum absolute atomic E-state index is 12.0. The number of benzene rings is 1. The molecule has 4 heteroatoms. The van der Waals surface area contributed by atoms with Crippen molar-refractivity contribution in [1.29, 1.82) is 0 Å². The van der Waals surface area contributed by atoms with Gasteiger partial charge in [-0.25, -0.2) is 0 Å². The van der Waals surface area contributed by atoms with Gasteiger partial charge in [-0.05, 0) is 30.5 Å². The molecule has 0 atom stereocenters. The summed E-state index contributed by atoms with van der Waals surface area (Å²) in [4.78, 5) is 16.4. The van der Waals surface area contributed by atoms with Crippen LogP contribution in [0.25, 0.3) is 10.9 Å². The van der Waals surface area contributed by atoms with Gasteiger partial charge in [0.25, 0.3) is 0 Å². The van der Waals surface area contributed by atoms with Gasteiger partial charge >= 0.3 is 5.97 Å². The molecule has 0 unspecified atom stereocenters. The van der Waals surface area contributed by atoms with Gasteiger partial charge in [-0.3, -0.25) is 9.78 Å². The predicted molar refractivity (Wildman–Crippen MR) is 80.7 cm³/mol. The van der Waals surface area contributed by atoms with Crippen LogP contribution >= 0.6 is 0 Å². The molecule has 1 aliphatic carbocycles. The molecule has 3 rings (SSSR count). The number of ether oxygens (including phenoxy) is 1. The van der Waals surface area contributed by atoms with Gasteiger partial charge in [0.1, 0.15) is 11.3 Å². The summed E-state index contributed by atoms with van der Waals surface area (Å²) < 4.78 is 5.35. The van der Waals surface area contributed by atoms with Crippen molar-refractivity contribution in [3.05, 3.63) is 36.0 Å². The molecule has 0 amide bonds. The second-order valence-electron chi connectivity index (χ2n) is 5.66. The lowest BCUT2D eigenvalue weighted by molar-refractivity contribution is -0.145. The minimum Gasteiger partial charge on any atom is -0.494 e. The fourth-order valence-electron chi connectivity index (χ4n) is 3.48. The Morgan fingerprint density at radius 1 is 1.24 bits per heavy atom. The monoisotopic (exact) mass is 285 g/mol. The molecule has 1 fully saturated rings. The number of methoxy groups -OCH3 is 1. The summed E-state index contributed by atoms with van der Waals surface area (Å²) in [5.41, 5.74) is 0.827. The van der Waals surface area contributed by atoms with E-state index >= 15 is 0 Å². The highest BCUT2D eigenvalue weighted by molar-refractivity contribution is 5.94. The van der Waals surface area contributed by atoms with Crippen molar-refractivity contribution in [2.75, 3.05) is 7.11 Å². The van der Waals surface area contributed by atoms with Gasteiger partial charge in [-0.2, -0.15) is 0 Å². The van der Waals surface area contributed by atoms with Crippen molar-refractivity contribution < 1.29 is 14.6 Å². The lowest BCUT2D eigenvalue weighted by Crippen LogP contribution is -2.38. The SMILES string of the molecule is COc1ccc(C2(C(=O)O)CCCCC2)c2cccnc12. The van der Waals surface area contributed by atoms with Crippen LogP contribution in [0, 0.1) is 0 Å². The van der Waals surface area contributed by atoms with Crippen molar-refractivity contribution in [3.63, 3.8) is 0 Å². The van der Waals surface area contributed by atoms with E-state index in [-0.39, 0.29) is 0 Å². The minimum atomic E-state index is -0.786. The van der Waals surface area contributed by atoms with Crippen LogP contribution < -0.4 is 4.74 Å². The number of carboxylic acids is 1. The maximum atomic E-state index is 12.0. The molecule has 1 aliphatic rings. The molecule has 110 valence electrons. The van der Waals surface area contributed by atoms with Gasteiger partial charge in [0.05, 0.1) is 12.5 Å². The Kier molecular flexibility index (Phi) is 3.53. The number of aromatic nitrogens is 1. The first kappa shape index (κ1) is 13.9. The molecular weight excluding hydrogens is 266 g/mol. The Bertz CT molecular complexity index is 675. The summed E-state index contributed by atoms with van der Waals surface area (Å²) in [6.45, 7) is 0. The number of hydrogen-bond donors (Lipinski definition) is 1. The molecule has 21 heavy (non-hydrogen) atoms. The van der Waals surface area contributed by atoms with Crippen molar-refractivity contribution >= 4 is 16.9 Å². The molecule has 0 saturated heterocycles. The van der Waals surface area contributed by atoms with E-state index in [0.29, 0.717) is 18.6 Å². The van der Waals surface area contributed by atoms with Crippen LogP contribution in [-0.2, 0) is 10.2 Å². The van der Waals surface area contributed by atoms with Gasteiger partial charge in [0.2, 0.25) is 0 Å². The molecule has 4 nitrogen and oxygen atoms in total. The molecule has 2 aromatic rings. The fourth-order valence-corrected chi connectivity index (χ4v) is 3.48. The van der Waals surface area contributed by atoms with E-state index in [1.54, 1.807) is 13.3 Å². The van der Waals surface area contributed by atoms with E-state index in [0.717, 1.165) is 35.7 Å². The van der Waals surface area contributed by atoms with Gasteiger partial charge in [0.15, 0.2) is 0 Å². The lowest BCUT2D eigenvalue weighted by atomic mass is 9.68. The number of fused-ring (bicyclic) bond motifs is 1. The Morgan fingerprint density at radius 2 is 2.00 bits per heavy atom. The standard InChI is InChI=1S/C17H19NO3/c1-21-14-8-7-13(12-6-5-11-18-15(12)14)17(16(19)20)9-3-2-4-10-17/h5-8,11H,2-4,9-10H2,1H3,(H,19,20). The third kappa shape index (κ3) is 2.15. The first-order chi connectivity index (χ1) is 10.2. The zero-order chi connectivity index (χ0) is 14.9. The smallest absolute Gasteiger partial charge is 0.314 e. The number of rotatable bonds is 3. The summed E-state index contributed by atoms with van der Waals surface area (Å²) in [6.07, 6.45) is 6.13. The molecule has 1 aromatic heterocycles. The third-order valence-electron chi connectivity index (χ3n) is 4.58. The molecule has 1 aromatic carbocycles. The molecule has 1 saturated carbocycles. The van der Waals surface area contributed by atoms with Crippen molar-refractivity contribution in [2.24, 2.45) is 0 Å². The topological polar surface area (TPSA) is 59.4 Å². The van der Waals surface area contributed by atoms with Crippen molar-refractivity contribution in [3.8, 4) is 5.75 Å². The predicted octanol–water partition coefficient (Wildman–Crippen LogP) is 3.53. The van der Waals surface area contributed by atoms with Crippen LogP contribution in [-0.4, -0.2) is 23.2 Å². The van der Waals surface area contributed by atoms with E-state index < -0.39 is 11.4 Å². The van der Waals surface area contributed by atoms with Crippen LogP contribution in [0.2, 0.25) is 0 Å². The largest absolute Gasteiger partial charge is 0.494 e. The fraction of sp³-hybridized carbons (Fsp3) is 0.412. The van der Waals surface area contributed by atoms with Gasteiger partial charge in [-0.15, -0.1) is 0 Å². The summed E-state index contributed by atoms with van der Waals surface area (Å²) in [6, 6.07) is 7.54. The molecule has 0 radical (unpaired) electrons. The van der Waals surface area contributed by atoms with E-state index in [1.807, 2.05) is 24.3 Å². The number of aliphatic carboxylic acids is 1. The van der Waals surface area contributed by atoms with Crippen LogP contribution in [0.15, 0.2) is 30.5 Å². The summed E-state index contributed by atoms with van der Waals surface area (Å²) >= 11 is 0. The number of carboxylic acid groups (broad SMARTS) is 1. The molecular formula is C17H19NO3. The number of pyridine rings is 1. The minimum absolute atomic E-state index is 0.686. The van der Waals surface area contributed by atoms with Gasteiger partial charge < -0.3 is 9.84 Å². The molecule has 1 N–H and O–H groups in total. The first-order valence-corrected chi connectivity index (χ1v) is 7.35. The van der Waals surface area contributed by atoms with E-state index in [4.69, 9.17) is 4.74 Å². The maximum Gasteiger partial charge on any atom is 0.314 e. The second-order valence-corrected chi connectivity index (χ2v) is 5.66. The Hall–Kier alpha value is -2.10. The summed E-state index contributed by atoms with van der Waals surface area (Å²) in [5, 5.41) is 10.8. The van der Waals surface area contributed by atoms with Crippen molar-refractivity contribution in [1.82, 2.24) is 4.98 Å². The van der Waals surface area contributed by atoms with Crippen LogP contribution in [0.4, 0.5) is 0 Å². The third-order valence-corrected chi connectivity index (χ3v) is 4.58. The zero-order valence-corrected chi connectivity index (χ0v) is 12.1. The highest BCUT2D eigenvalue weighted by Crippen LogP contribution is 2.43. The Balaban J connectivity index is 2.26. The van der Waals surface area contributed by atoms with Gasteiger partial charge in [-0.1, -0.05) is 31.4 Å². The molecule has 0 aliphatic heterocycles. The first-order valence-electron chi connectivity index (χ1n) is 7.35. The van der Waals surface area contributed by atoms with Crippen LogP contribution in [0.5, 0.6) is 5.75 Å². The van der Waals surface area contributed by atoms with Crippen LogP contribution in [0.3, 0.4) is 0 Å². The Morgan fingerprint density at radius 3 is 2.67 bits per heavy atom. The van der Waals surface area contributed by atoms with E-state index in [2.05, 4.69) is 4.98 Å². The molecule has 0 bridgehead atoms.